The predicted molar refractivity (Wildman–Crippen MR) is 64.3 cm³/mol. The molecule has 0 atom stereocenters. The number of hydrogen-bond acceptors (Lipinski definition) is 6. The third-order valence-electron chi connectivity index (χ3n) is 1.91. The predicted octanol–water partition coefficient (Wildman–Crippen LogP) is 0.0489. The first-order chi connectivity index (χ1) is 7.68. The lowest BCUT2D eigenvalue weighted by atomic mass is 10.6. The molecule has 1 heterocycles. The highest BCUT2D eigenvalue weighted by Crippen LogP contribution is 2.00. The molecule has 0 radical (unpaired) electrons. The largest absolute Gasteiger partial charge is 0.382 e. The monoisotopic (exact) mass is 225 g/mol. The Morgan fingerprint density at radius 1 is 1.31 bits per heavy atom. The lowest BCUT2D eigenvalue weighted by Crippen LogP contribution is -2.20. The van der Waals surface area contributed by atoms with E-state index in [1.165, 1.54) is 6.20 Å². The second-order valence-electron chi connectivity index (χ2n) is 3.67. The molecule has 0 saturated heterocycles. The van der Waals surface area contributed by atoms with Crippen LogP contribution in [0.15, 0.2) is 12.4 Å². The van der Waals surface area contributed by atoms with Gasteiger partial charge in [-0.2, -0.15) is 0 Å². The maximum atomic E-state index is 5.42. The van der Waals surface area contributed by atoms with E-state index < -0.39 is 0 Å². The van der Waals surface area contributed by atoms with Crippen molar-refractivity contribution in [3.63, 3.8) is 0 Å². The summed E-state index contributed by atoms with van der Waals surface area (Å²) >= 11 is 0. The molecule has 1 rings (SSSR count). The Morgan fingerprint density at radius 3 is 2.75 bits per heavy atom. The van der Waals surface area contributed by atoms with E-state index in [1.54, 1.807) is 6.20 Å². The van der Waals surface area contributed by atoms with Crippen molar-refractivity contribution in [1.82, 2.24) is 14.9 Å². The van der Waals surface area contributed by atoms with Gasteiger partial charge in [0.2, 0.25) is 0 Å². The number of nitrogen functional groups attached to an aromatic ring is 1. The SMILES string of the molecule is CN(C)CCOCCNc1cnc(N)cn1. The van der Waals surface area contributed by atoms with E-state index in [9.17, 15) is 0 Å². The average Bonchev–Trinajstić information content (AvgIpc) is 2.25. The van der Waals surface area contributed by atoms with Crippen LogP contribution in [-0.2, 0) is 4.74 Å². The summed E-state index contributed by atoms with van der Waals surface area (Å²) in [5.74, 6) is 1.14. The van der Waals surface area contributed by atoms with Gasteiger partial charge in [-0.25, -0.2) is 9.97 Å². The van der Waals surface area contributed by atoms with Gasteiger partial charge in [-0.3, -0.25) is 0 Å². The van der Waals surface area contributed by atoms with Crippen LogP contribution in [0.2, 0.25) is 0 Å². The summed E-state index contributed by atoms with van der Waals surface area (Å²) < 4.78 is 5.41. The fraction of sp³-hybridized carbons (Fsp3) is 0.600. The number of nitrogens with one attached hydrogen (secondary N) is 1. The van der Waals surface area contributed by atoms with Crippen molar-refractivity contribution in [2.45, 2.75) is 0 Å². The van der Waals surface area contributed by atoms with Crippen molar-refractivity contribution >= 4 is 11.6 Å². The number of ether oxygens (including phenoxy) is 1. The molecule has 0 saturated carbocycles. The molecule has 0 aromatic carbocycles. The number of likely N-dealkylation sites (N-methyl/N-ethyl adjacent to an activating group) is 1. The van der Waals surface area contributed by atoms with Crippen LogP contribution < -0.4 is 11.1 Å². The first kappa shape index (κ1) is 12.7. The maximum Gasteiger partial charge on any atom is 0.144 e. The summed E-state index contributed by atoms with van der Waals surface area (Å²) in [6.45, 7) is 3.04. The molecule has 0 aliphatic rings. The van der Waals surface area contributed by atoms with Crippen LogP contribution in [0, 0.1) is 0 Å². The fourth-order valence-corrected chi connectivity index (χ4v) is 1.03. The molecule has 0 unspecified atom stereocenters. The molecule has 6 heteroatoms. The van der Waals surface area contributed by atoms with Crippen LogP contribution in [0.25, 0.3) is 0 Å². The van der Waals surface area contributed by atoms with Crippen LogP contribution >= 0.6 is 0 Å². The summed E-state index contributed by atoms with van der Waals surface area (Å²) in [5.41, 5.74) is 5.42. The molecule has 1 aromatic rings. The number of aromatic nitrogens is 2. The van der Waals surface area contributed by atoms with E-state index in [0.717, 1.165) is 13.2 Å². The molecular formula is C10H19N5O. The minimum absolute atomic E-state index is 0.424. The third kappa shape index (κ3) is 5.47. The Labute approximate surface area is 95.8 Å². The summed E-state index contributed by atoms with van der Waals surface area (Å²) in [4.78, 5) is 10.1. The standard InChI is InChI=1S/C10H19N5O/c1-15(2)4-6-16-5-3-12-10-8-13-9(11)7-14-10/h7-8H,3-6H2,1-2H3,(H2,11,13)(H,12,14). The van der Waals surface area contributed by atoms with Crippen LogP contribution in [0.5, 0.6) is 0 Å². The molecule has 0 spiro atoms. The highest BCUT2D eigenvalue weighted by atomic mass is 16.5. The van der Waals surface area contributed by atoms with Gasteiger partial charge in [0.25, 0.3) is 0 Å². The van der Waals surface area contributed by atoms with Gasteiger partial charge in [-0.1, -0.05) is 0 Å². The highest BCUT2D eigenvalue weighted by Gasteiger charge is 1.94. The fourth-order valence-electron chi connectivity index (χ4n) is 1.03. The Morgan fingerprint density at radius 2 is 2.12 bits per heavy atom. The van der Waals surface area contributed by atoms with Gasteiger partial charge in [0.05, 0.1) is 25.6 Å². The van der Waals surface area contributed by atoms with Crippen molar-refractivity contribution in [3.05, 3.63) is 12.4 Å². The smallest absolute Gasteiger partial charge is 0.144 e. The number of hydrogen-bond donors (Lipinski definition) is 2. The van der Waals surface area contributed by atoms with Gasteiger partial charge >= 0.3 is 0 Å². The van der Waals surface area contributed by atoms with Crippen molar-refractivity contribution < 1.29 is 4.74 Å². The van der Waals surface area contributed by atoms with Gasteiger partial charge in [-0.15, -0.1) is 0 Å². The van der Waals surface area contributed by atoms with E-state index in [2.05, 4.69) is 20.2 Å². The Bertz CT molecular complexity index is 288. The van der Waals surface area contributed by atoms with E-state index in [0.29, 0.717) is 24.8 Å². The maximum absolute atomic E-state index is 5.42. The zero-order valence-corrected chi connectivity index (χ0v) is 9.81. The number of rotatable bonds is 7. The van der Waals surface area contributed by atoms with E-state index in [-0.39, 0.29) is 0 Å². The Hall–Kier alpha value is -1.40. The van der Waals surface area contributed by atoms with Crippen LogP contribution in [-0.4, -0.2) is 55.3 Å². The lowest BCUT2D eigenvalue weighted by Gasteiger charge is -2.10. The molecule has 0 aliphatic heterocycles. The van der Waals surface area contributed by atoms with Gasteiger partial charge in [0.1, 0.15) is 11.6 Å². The quantitative estimate of drug-likeness (QED) is 0.639. The van der Waals surface area contributed by atoms with E-state index in [1.807, 2.05) is 14.1 Å². The zero-order valence-electron chi connectivity index (χ0n) is 9.81. The van der Waals surface area contributed by atoms with Gasteiger partial charge in [-0.05, 0) is 14.1 Å². The van der Waals surface area contributed by atoms with Crippen LogP contribution in [0.1, 0.15) is 0 Å². The van der Waals surface area contributed by atoms with Crippen LogP contribution in [0.4, 0.5) is 11.6 Å². The molecular weight excluding hydrogens is 206 g/mol. The number of anilines is 2. The zero-order chi connectivity index (χ0) is 11.8. The average molecular weight is 225 g/mol. The molecule has 3 N–H and O–H groups in total. The molecule has 0 aliphatic carbocycles. The topological polar surface area (TPSA) is 76.3 Å². The molecule has 0 fully saturated rings. The summed E-state index contributed by atoms with van der Waals surface area (Å²) in [5, 5.41) is 3.09. The minimum atomic E-state index is 0.424. The molecule has 1 aromatic heterocycles. The Balaban J connectivity index is 2.05. The summed E-state index contributed by atoms with van der Waals surface area (Å²) in [7, 11) is 4.04. The molecule has 90 valence electrons. The van der Waals surface area contributed by atoms with Crippen LogP contribution in [0.3, 0.4) is 0 Å². The van der Waals surface area contributed by atoms with E-state index in [4.69, 9.17) is 10.5 Å². The van der Waals surface area contributed by atoms with Crippen molar-refractivity contribution in [1.29, 1.82) is 0 Å². The van der Waals surface area contributed by atoms with Gasteiger partial charge in [0, 0.05) is 13.1 Å². The second-order valence-corrected chi connectivity index (χ2v) is 3.67. The molecule has 6 nitrogen and oxygen atoms in total. The highest BCUT2D eigenvalue weighted by molar-refractivity contribution is 5.35. The van der Waals surface area contributed by atoms with E-state index >= 15 is 0 Å². The number of nitrogens with zero attached hydrogens (tertiary/aromatic N) is 3. The normalized spacial score (nSPS) is 10.7. The molecule has 16 heavy (non-hydrogen) atoms. The first-order valence-corrected chi connectivity index (χ1v) is 5.22. The minimum Gasteiger partial charge on any atom is -0.382 e. The summed E-state index contributed by atoms with van der Waals surface area (Å²) in [6.07, 6.45) is 3.13. The first-order valence-electron chi connectivity index (χ1n) is 5.22. The molecule has 0 bridgehead atoms. The van der Waals surface area contributed by atoms with Crippen molar-refractivity contribution in [3.8, 4) is 0 Å². The van der Waals surface area contributed by atoms with Gasteiger partial charge < -0.3 is 20.7 Å². The van der Waals surface area contributed by atoms with Crippen molar-refractivity contribution in [2.24, 2.45) is 0 Å². The third-order valence-corrected chi connectivity index (χ3v) is 1.91. The second kappa shape index (κ2) is 6.97. The summed E-state index contributed by atoms with van der Waals surface area (Å²) in [6, 6.07) is 0. The number of nitrogens with two attached hydrogens (primary N) is 1. The Kier molecular flexibility index (Phi) is 5.52. The lowest BCUT2D eigenvalue weighted by molar-refractivity contribution is 0.126. The molecule has 0 amide bonds. The van der Waals surface area contributed by atoms with Gasteiger partial charge in [0.15, 0.2) is 0 Å². The van der Waals surface area contributed by atoms with Crippen molar-refractivity contribution in [2.75, 3.05) is 51.4 Å².